The van der Waals surface area contributed by atoms with Crippen molar-refractivity contribution in [2.75, 3.05) is 0 Å². The van der Waals surface area contributed by atoms with Gasteiger partial charge in [-0.15, -0.1) is 0 Å². The molecule has 0 unspecified atom stereocenters. The molecule has 2 N–H and O–H groups in total. The molecule has 1 aliphatic carbocycles. The second-order valence-electron chi connectivity index (χ2n) is 4.52. The number of nitrogens with one attached hydrogen (secondary N) is 1. The van der Waals surface area contributed by atoms with Crippen LogP contribution in [0, 0.1) is 5.41 Å². The van der Waals surface area contributed by atoms with Crippen LogP contribution < -0.4 is 5.32 Å². The van der Waals surface area contributed by atoms with Crippen LogP contribution in [0.15, 0.2) is 23.0 Å². The first-order chi connectivity index (χ1) is 8.12. The van der Waals surface area contributed by atoms with E-state index in [9.17, 15) is 9.59 Å². The largest absolute Gasteiger partial charge is 0.481 e. The van der Waals surface area contributed by atoms with Gasteiger partial charge in [0.15, 0.2) is 0 Å². The molecule has 92 valence electrons. The maximum Gasteiger partial charge on any atom is 0.310 e. The lowest BCUT2D eigenvalue weighted by molar-refractivity contribution is -0.157. The van der Waals surface area contributed by atoms with Crippen LogP contribution in [0.5, 0.6) is 0 Å². The molecule has 1 aliphatic rings. The first-order valence-corrected chi connectivity index (χ1v) is 5.64. The molecule has 0 aliphatic heterocycles. The minimum Gasteiger partial charge on any atom is -0.481 e. The molecule has 0 saturated heterocycles. The lowest BCUT2D eigenvalue weighted by atomic mass is 9.66. The molecule has 0 atom stereocenters. The predicted molar refractivity (Wildman–Crippen MR) is 59.1 cm³/mol. The Morgan fingerprint density at radius 3 is 2.71 bits per heavy atom. The van der Waals surface area contributed by atoms with E-state index in [-0.39, 0.29) is 12.3 Å². The molecule has 0 radical (unpaired) electrons. The van der Waals surface area contributed by atoms with Crippen molar-refractivity contribution in [3.8, 4) is 0 Å². The van der Waals surface area contributed by atoms with Gasteiger partial charge >= 0.3 is 5.97 Å². The summed E-state index contributed by atoms with van der Waals surface area (Å²) in [5, 5.41) is 11.8. The minimum atomic E-state index is -0.859. The van der Waals surface area contributed by atoms with E-state index in [0.29, 0.717) is 19.4 Å². The summed E-state index contributed by atoms with van der Waals surface area (Å²) in [4.78, 5) is 22.7. The van der Waals surface area contributed by atoms with Crippen molar-refractivity contribution >= 4 is 11.9 Å². The molecule has 1 saturated carbocycles. The van der Waals surface area contributed by atoms with Crippen LogP contribution in [0.25, 0.3) is 0 Å². The molecule has 5 heteroatoms. The maximum absolute atomic E-state index is 11.6. The van der Waals surface area contributed by atoms with Crippen molar-refractivity contribution in [2.24, 2.45) is 5.41 Å². The number of aliphatic carboxylic acids is 1. The molecule has 1 aromatic heterocycles. The van der Waals surface area contributed by atoms with Crippen molar-refractivity contribution < 1.29 is 19.1 Å². The molecular weight excluding hydrogens is 222 g/mol. The van der Waals surface area contributed by atoms with Crippen LogP contribution in [0.2, 0.25) is 0 Å². The summed E-state index contributed by atoms with van der Waals surface area (Å²) in [6.07, 6.45) is 5.24. The summed E-state index contributed by atoms with van der Waals surface area (Å²) < 4.78 is 4.87. The minimum absolute atomic E-state index is 0.0696. The zero-order valence-electron chi connectivity index (χ0n) is 9.44. The molecule has 1 amide bonds. The number of carbonyl (C=O) groups is 2. The Morgan fingerprint density at radius 1 is 1.47 bits per heavy atom. The van der Waals surface area contributed by atoms with Crippen LogP contribution in [0.3, 0.4) is 0 Å². The van der Waals surface area contributed by atoms with E-state index in [1.807, 2.05) is 0 Å². The predicted octanol–water partition coefficient (Wildman–Crippen LogP) is 1.54. The third kappa shape index (κ3) is 2.49. The molecule has 1 aromatic rings. The van der Waals surface area contributed by atoms with Gasteiger partial charge in [-0.3, -0.25) is 9.59 Å². The molecule has 1 fully saturated rings. The average molecular weight is 237 g/mol. The molecule has 0 bridgehead atoms. The normalized spacial score (nSPS) is 17.2. The van der Waals surface area contributed by atoms with Gasteiger partial charge in [0.2, 0.25) is 5.91 Å². The Hall–Kier alpha value is -1.78. The van der Waals surface area contributed by atoms with Gasteiger partial charge in [-0.1, -0.05) is 6.42 Å². The Bertz CT molecular complexity index is 406. The Labute approximate surface area is 98.8 Å². The van der Waals surface area contributed by atoms with Crippen molar-refractivity contribution in [3.63, 3.8) is 0 Å². The highest BCUT2D eigenvalue weighted by Gasteiger charge is 2.45. The number of hydrogen-bond donors (Lipinski definition) is 2. The van der Waals surface area contributed by atoms with E-state index in [0.717, 1.165) is 12.0 Å². The van der Waals surface area contributed by atoms with Gasteiger partial charge in [0.25, 0.3) is 0 Å². The van der Waals surface area contributed by atoms with Crippen LogP contribution in [0.1, 0.15) is 31.2 Å². The molecule has 17 heavy (non-hydrogen) atoms. The number of carbonyl (C=O) groups excluding carboxylic acids is 1. The topological polar surface area (TPSA) is 79.5 Å². The molecule has 5 nitrogen and oxygen atoms in total. The molecular formula is C12H15NO4. The Morgan fingerprint density at radius 2 is 2.24 bits per heavy atom. The fourth-order valence-corrected chi connectivity index (χ4v) is 2.03. The lowest BCUT2D eigenvalue weighted by Crippen LogP contribution is -2.42. The summed E-state index contributed by atoms with van der Waals surface area (Å²) in [7, 11) is 0. The molecule has 0 spiro atoms. The van der Waals surface area contributed by atoms with Gasteiger partial charge in [0.1, 0.15) is 0 Å². The second kappa shape index (κ2) is 4.61. The third-order valence-corrected chi connectivity index (χ3v) is 3.33. The standard InChI is InChI=1S/C12H15NO4/c14-10(13-7-9-2-5-17-8-9)6-12(11(15)16)3-1-4-12/h2,5,8H,1,3-4,6-7H2,(H,13,14)(H,15,16). The molecule has 0 aromatic carbocycles. The summed E-state index contributed by atoms with van der Waals surface area (Å²) in [5.41, 5.74) is 0.0526. The van der Waals surface area contributed by atoms with Crippen molar-refractivity contribution in [3.05, 3.63) is 24.2 Å². The number of rotatable bonds is 5. The Kier molecular flexibility index (Phi) is 3.17. The first kappa shape index (κ1) is 11.7. The van der Waals surface area contributed by atoms with E-state index < -0.39 is 11.4 Å². The molecule has 2 rings (SSSR count). The third-order valence-electron chi connectivity index (χ3n) is 3.33. The van der Waals surface area contributed by atoms with Crippen LogP contribution in [-0.2, 0) is 16.1 Å². The van der Waals surface area contributed by atoms with Gasteiger partial charge in [-0.05, 0) is 18.9 Å². The van der Waals surface area contributed by atoms with Gasteiger partial charge < -0.3 is 14.8 Å². The van der Waals surface area contributed by atoms with E-state index in [1.54, 1.807) is 12.3 Å². The van der Waals surface area contributed by atoms with Crippen molar-refractivity contribution in [2.45, 2.75) is 32.2 Å². The summed E-state index contributed by atoms with van der Waals surface area (Å²) in [6, 6.07) is 1.76. The van der Waals surface area contributed by atoms with Gasteiger partial charge in [-0.2, -0.15) is 0 Å². The van der Waals surface area contributed by atoms with Gasteiger partial charge in [-0.25, -0.2) is 0 Å². The van der Waals surface area contributed by atoms with Crippen LogP contribution >= 0.6 is 0 Å². The fourth-order valence-electron chi connectivity index (χ4n) is 2.03. The average Bonchev–Trinajstić information content (AvgIpc) is 2.72. The van der Waals surface area contributed by atoms with Crippen LogP contribution in [-0.4, -0.2) is 17.0 Å². The number of furan rings is 1. The lowest BCUT2D eigenvalue weighted by Gasteiger charge is -2.36. The van der Waals surface area contributed by atoms with E-state index in [2.05, 4.69) is 5.32 Å². The number of amides is 1. The quantitative estimate of drug-likeness (QED) is 0.814. The van der Waals surface area contributed by atoms with E-state index in [1.165, 1.54) is 6.26 Å². The highest BCUT2D eigenvalue weighted by atomic mass is 16.4. The summed E-state index contributed by atoms with van der Waals surface area (Å²) in [5.74, 6) is -1.07. The SMILES string of the molecule is O=C(CC1(C(=O)O)CCC1)NCc1ccoc1. The second-order valence-corrected chi connectivity index (χ2v) is 4.52. The van der Waals surface area contributed by atoms with Crippen molar-refractivity contribution in [1.82, 2.24) is 5.32 Å². The first-order valence-electron chi connectivity index (χ1n) is 5.64. The van der Waals surface area contributed by atoms with Crippen LogP contribution in [0.4, 0.5) is 0 Å². The number of carboxylic acid groups (broad SMARTS) is 1. The highest BCUT2D eigenvalue weighted by molar-refractivity contribution is 5.85. The van der Waals surface area contributed by atoms with Gasteiger partial charge in [0.05, 0.1) is 17.9 Å². The van der Waals surface area contributed by atoms with Crippen molar-refractivity contribution in [1.29, 1.82) is 0 Å². The smallest absolute Gasteiger partial charge is 0.310 e. The highest BCUT2D eigenvalue weighted by Crippen LogP contribution is 2.44. The molecule has 1 heterocycles. The van der Waals surface area contributed by atoms with Gasteiger partial charge in [0, 0.05) is 18.5 Å². The zero-order chi connectivity index (χ0) is 12.3. The maximum atomic E-state index is 11.6. The number of hydrogen-bond acceptors (Lipinski definition) is 3. The van der Waals surface area contributed by atoms with E-state index in [4.69, 9.17) is 9.52 Å². The fraction of sp³-hybridized carbons (Fsp3) is 0.500. The van der Waals surface area contributed by atoms with E-state index >= 15 is 0 Å². The summed E-state index contributed by atoms with van der Waals surface area (Å²) >= 11 is 0. The Balaban J connectivity index is 1.83. The monoisotopic (exact) mass is 237 g/mol. The number of carboxylic acids is 1. The summed E-state index contributed by atoms with van der Waals surface area (Å²) in [6.45, 7) is 0.380. The zero-order valence-corrected chi connectivity index (χ0v) is 9.44.